The molecule has 8 heteroatoms. The average molecular weight is 550 g/mol. The van der Waals surface area contributed by atoms with Gasteiger partial charge in [0.25, 0.3) is 5.91 Å². The molecule has 0 spiro atoms. The molecule has 1 aliphatic carbocycles. The van der Waals surface area contributed by atoms with Gasteiger partial charge in [-0.25, -0.2) is 13.2 Å². The van der Waals surface area contributed by atoms with E-state index in [9.17, 15) is 13.6 Å². The van der Waals surface area contributed by atoms with Crippen LogP contribution in [0.25, 0.3) is 0 Å². The van der Waals surface area contributed by atoms with Gasteiger partial charge in [0.05, 0.1) is 24.5 Å². The molecule has 2 aliphatic heterocycles. The van der Waals surface area contributed by atoms with Gasteiger partial charge in [-0.1, -0.05) is 31.2 Å². The topological polar surface area (TPSA) is 36.0 Å². The maximum atomic E-state index is 15.3. The third-order valence-corrected chi connectivity index (χ3v) is 8.68. The monoisotopic (exact) mass is 549 g/mol. The molecule has 3 fully saturated rings. The van der Waals surface area contributed by atoms with Gasteiger partial charge in [-0.15, -0.1) is 0 Å². The lowest BCUT2D eigenvalue weighted by Crippen LogP contribution is -2.37. The highest BCUT2D eigenvalue weighted by molar-refractivity contribution is 6.06. The lowest BCUT2D eigenvalue weighted by molar-refractivity contribution is 0.0980. The Morgan fingerprint density at radius 3 is 2.25 bits per heavy atom. The van der Waals surface area contributed by atoms with Crippen LogP contribution in [0.5, 0.6) is 0 Å². The Labute approximate surface area is 233 Å². The SMILES string of the molecule is CCc1ccc(CN2CC3C(C2)C3CN(C(=O)c2ccc(F)cc2F)c2ccc(N3CCOCC3)c(F)c2)cc1. The lowest BCUT2D eigenvalue weighted by Gasteiger charge is -2.30. The van der Waals surface area contributed by atoms with Crippen molar-refractivity contribution in [1.29, 1.82) is 0 Å². The molecule has 2 saturated heterocycles. The first-order valence-corrected chi connectivity index (χ1v) is 14.1. The van der Waals surface area contributed by atoms with E-state index in [1.807, 2.05) is 4.90 Å². The zero-order valence-electron chi connectivity index (χ0n) is 22.7. The molecule has 3 aromatic carbocycles. The summed E-state index contributed by atoms with van der Waals surface area (Å²) >= 11 is 0. The summed E-state index contributed by atoms with van der Waals surface area (Å²) in [6, 6.07) is 16.4. The highest BCUT2D eigenvalue weighted by Crippen LogP contribution is 2.52. The predicted molar refractivity (Wildman–Crippen MR) is 149 cm³/mol. The van der Waals surface area contributed by atoms with E-state index < -0.39 is 23.4 Å². The molecule has 3 aromatic rings. The molecular weight excluding hydrogens is 515 g/mol. The van der Waals surface area contributed by atoms with Gasteiger partial charge in [0, 0.05) is 51.0 Å². The molecule has 2 heterocycles. The van der Waals surface area contributed by atoms with Crippen LogP contribution in [0.4, 0.5) is 24.5 Å². The van der Waals surface area contributed by atoms with Gasteiger partial charge in [-0.05, 0) is 65.6 Å². The van der Waals surface area contributed by atoms with Gasteiger partial charge in [0.15, 0.2) is 0 Å². The number of carbonyl (C=O) groups is 1. The van der Waals surface area contributed by atoms with E-state index in [0.717, 1.165) is 38.2 Å². The molecule has 1 saturated carbocycles. The van der Waals surface area contributed by atoms with Crippen LogP contribution in [0.15, 0.2) is 60.7 Å². The van der Waals surface area contributed by atoms with E-state index in [4.69, 9.17) is 4.74 Å². The normalized spacial score (nSPS) is 22.3. The number of aryl methyl sites for hydroxylation is 1. The second kappa shape index (κ2) is 11.3. The first kappa shape index (κ1) is 26.8. The molecule has 1 amide bonds. The summed E-state index contributed by atoms with van der Waals surface area (Å²) in [5.41, 5.74) is 3.22. The van der Waals surface area contributed by atoms with Gasteiger partial charge in [0.2, 0.25) is 0 Å². The highest BCUT2D eigenvalue weighted by atomic mass is 19.1. The first-order valence-electron chi connectivity index (χ1n) is 14.1. The van der Waals surface area contributed by atoms with Crippen LogP contribution in [0, 0.1) is 35.2 Å². The van der Waals surface area contributed by atoms with Crippen LogP contribution in [-0.2, 0) is 17.7 Å². The quantitative estimate of drug-likeness (QED) is 0.371. The van der Waals surface area contributed by atoms with E-state index in [1.54, 1.807) is 12.1 Å². The van der Waals surface area contributed by atoms with Crippen molar-refractivity contribution in [2.45, 2.75) is 19.9 Å². The number of likely N-dealkylation sites (tertiary alicyclic amines) is 1. The van der Waals surface area contributed by atoms with Crippen molar-refractivity contribution in [2.24, 2.45) is 17.8 Å². The maximum Gasteiger partial charge on any atom is 0.261 e. The molecule has 210 valence electrons. The number of fused-ring (bicyclic) bond motifs is 1. The van der Waals surface area contributed by atoms with Crippen LogP contribution in [0.2, 0.25) is 0 Å². The summed E-state index contributed by atoms with van der Waals surface area (Å²) < 4.78 is 49.0. The minimum Gasteiger partial charge on any atom is -0.378 e. The van der Waals surface area contributed by atoms with Gasteiger partial charge < -0.3 is 14.5 Å². The lowest BCUT2D eigenvalue weighted by atomic mass is 10.1. The van der Waals surface area contributed by atoms with Crippen molar-refractivity contribution in [2.75, 3.05) is 55.7 Å². The summed E-state index contributed by atoms with van der Waals surface area (Å²) in [5.74, 6) is -1.59. The van der Waals surface area contributed by atoms with Gasteiger partial charge >= 0.3 is 0 Å². The largest absolute Gasteiger partial charge is 0.378 e. The standard InChI is InChI=1S/C32H34F3N3O2/c1-2-21-3-5-22(6-4-21)17-36-18-26-27(19-36)28(26)20-38(32(39)25-9-7-23(33)15-29(25)34)24-8-10-31(30(35)16-24)37-11-13-40-14-12-37/h3-10,15-16,26-28H,2,11-14,17-20H2,1H3. The molecule has 0 N–H and O–H groups in total. The molecular formula is C32H34F3N3O2. The number of anilines is 2. The number of amides is 1. The predicted octanol–water partition coefficient (Wildman–Crippen LogP) is 5.53. The van der Waals surface area contributed by atoms with Crippen molar-refractivity contribution < 1.29 is 22.7 Å². The van der Waals surface area contributed by atoms with E-state index >= 15 is 4.39 Å². The van der Waals surface area contributed by atoms with Gasteiger partial charge in [-0.3, -0.25) is 9.69 Å². The molecule has 0 aromatic heterocycles. The highest BCUT2D eigenvalue weighted by Gasteiger charge is 2.56. The molecule has 2 atom stereocenters. The fourth-order valence-corrected chi connectivity index (χ4v) is 6.32. The third-order valence-electron chi connectivity index (χ3n) is 8.68. The summed E-state index contributed by atoms with van der Waals surface area (Å²) in [6.45, 7) is 7.50. The minimum absolute atomic E-state index is 0.220. The van der Waals surface area contributed by atoms with Crippen molar-refractivity contribution in [1.82, 2.24) is 4.90 Å². The molecule has 2 unspecified atom stereocenters. The smallest absolute Gasteiger partial charge is 0.261 e. The van der Waals surface area contributed by atoms with E-state index in [-0.39, 0.29) is 11.5 Å². The number of ether oxygens (including phenoxy) is 1. The summed E-state index contributed by atoms with van der Waals surface area (Å²) in [5, 5.41) is 0. The second-order valence-electron chi connectivity index (χ2n) is 11.1. The zero-order chi connectivity index (χ0) is 27.8. The Hall–Kier alpha value is -3.36. The number of hydrogen-bond acceptors (Lipinski definition) is 4. The number of nitrogens with zero attached hydrogens (tertiary/aromatic N) is 3. The third kappa shape index (κ3) is 5.47. The van der Waals surface area contributed by atoms with E-state index in [0.29, 0.717) is 62.1 Å². The Kier molecular flexibility index (Phi) is 7.55. The number of morpholine rings is 1. The van der Waals surface area contributed by atoms with Gasteiger partial charge in [-0.2, -0.15) is 0 Å². The number of hydrogen-bond donors (Lipinski definition) is 0. The molecule has 5 nitrogen and oxygen atoms in total. The number of piperidine rings is 1. The Morgan fingerprint density at radius 1 is 0.900 bits per heavy atom. The van der Waals surface area contributed by atoms with Gasteiger partial charge in [0.1, 0.15) is 17.5 Å². The number of benzene rings is 3. The zero-order valence-corrected chi connectivity index (χ0v) is 22.7. The molecule has 40 heavy (non-hydrogen) atoms. The van der Waals surface area contributed by atoms with Crippen LogP contribution < -0.4 is 9.80 Å². The molecule has 3 aliphatic rings. The maximum absolute atomic E-state index is 15.3. The minimum atomic E-state index is -0.920. The summed E-state index contributed by atoms with van der Waals surface area (Å²) in [6.07, 6.45) is 1.02. The summed E-state index contributed by atoms with van der Waals surface area (Å²) in [4.78, 5) is 19.5. The van der Waals surface area contributed by atoms with E-state index in [2.05, 4.69) is 36.1 Å². The van der Waals surface area contributed by atoms with Crippen molar-refractivity contribution in [3.05, 3.63) is 94.8 Å². The average Bonchev–Trinajstić information content (AvgIpc) is 3.40. The molecule has 0 bridgehead atoms. The van der Waals surface area contributed by atoms with Crippen LogP contribution >= 0.6 is 0 Å². The Bertz CT molecular complexity index is 1360. The van der Waals surface area contributed by atoms with Crippen LogP contribution in [0.3, 0.4) is 0 Å². The number of rotatable bonds is 8. The van der Waals surface area contributed by atoms with Crippen molar-refractivity contribution >= 4 is 17.3 Å². The van der Waals surface area contributed by atoms with Crippen molar-refractivity contribution in [3.8, 4) is 0 Å². The number of halogens is 3. The Balaban J connectivity index is 1.19. The Morgan fingerprint density at radius 2 is 1.60 bits per heavy atom. The fourth-order valence-electron chi connectivity index (χ4n) is 6.32. The number of carbonyl (C=O) groups excluding carboxylic acids is 1. The second-order valence-corrected chi connectivity index (χ2v) is 11.1. The molecule has 0 radical (unpaired) electrons. The first-order chi connectivity index (χ1) is 19.4. The van der Waals surface area contributed by atoms with E-state index in [1.165, 1.54) is 22.1 Å². The summed E-state index contributed by atoms with van der Waals surface area (Å²) in [7, 11) is 0. The fraction of sp³-hybridized carbons (Fsp3) is 0.406. The van der Waals surface area contributed by atoms with Crippen LogP contribution in [-0.4, -0.2) is 56.7 Å². The van der Waals surface area contributed by atoms with Crippen molar-refractivity contribution in [3.63, 3.8) is 0 Å². The molecule has 6 rings (SSSR count). The van der Waals surface area contributed by atoms with Crippen LogP contribution in [0.1, 0.15) is 28.4 Å².